The van der Waals surface area contributed by atoms with Gasteiger partial charge >= 0.3 is 0 Å². The van der Waals surface area contributed by atoms with Gasteiger partial charge in [0.1, 0.15) is 5.15 Å². The molecule has 16 heavy (non-hydrogen) atoms. The molecule has 0 aliphatic heterocycles. The van der Waals surface area contributed by atoms with Crippen LogP contribution in [0.1, 0.15) is 18.5 Å². The molecule has 2 heterocycles. The summed E-state index contributed by atoms with van der Waals surface area (Å²) in [5.41, 5.74) is 0.189. The predicted molar refractivity (Wildman–Crippen MR) is 53.9 cm³/mol. The second-order valence-corrected chi connectivity index (χ2v) is 4.34. The van der Waals surface area contributed by atoms with Crippen molar-refractivity contribution >= 4 is 23.2 Å². The fourth-order valence-corrected chi connectivity index (χ4v) is 1.92. The molecule has 0 aromatic carbocycles. The minimum Gasteiger partial charge on any atom is -0.549 e. The second-order valence-electron chi connectivity index (χ2n) is 3.95. The fourth-order valence-electron chi connectivity index (χ4n) is 1.78. The average molecular weight is 237 g/mol. The molecule has 0 amide bonds. The topological polar surface area (TPSA) is 70.3 Å². The molecule has 3 rings (SSSR count). The van der Waals surface area contributed by atoms with Crippen LogP contribution in [0.25, 0.3) is 5.65 Å². The van der Waals surface area contributed by atoms with Crippen LogP contribution in [0.2, 0.25) is 5.15 Å². The van der Waals surface area contributed by atoms with Crippen molar-refractivity contribution in [2.24, 2.45) is 0 Å². The van der Waals surface area contributed by atoms with Crippen molar-refractivity contribution in [2.75, 3.05) is 0 Å². The first-order valence-corrected chi connectivity index (χ1v) is 5.23. The number of carbonyl (C=O) groups excluding carboxylic acids is 1. The smallest absolute Gasteiger partial charge is 0.153 e. The summed E-state index contributed by atoms with van der Waals surface area (Å²) in [6.07, 6.45) is 2.75. The van der Waals surface area contributed by atoms with E-state index in [1.807, 2.05) is 0 Å². The van der Waals surface area contributed by atoms with Crippen LogP contribution in [0, 0.1) is 0 Å². The Balaban J connectivity index is 2.16. The summed E-state index contributed by atoms with van der Waals surface area (Å²) in [4.78, 5) is 15.3. The van der Waals surface area contributed by atoms with Crippen LogP contribution in [0.4, 0.5) is 0 Å². The van der Waals surface area contributed by atoms with E-state index in [1.54, 1.807) is 18.3 Å². The molecular formula is C10H7ClN3O2-. The first-order chi connectivity index (χ1) is 7.62. The third-order valence-corrected chi connectivity index (χ3v) is 3.12. The number of rotatable bonds is 2. The molecule has 5 nitrogen and oxygen atoms in total. The molecular weight excluding hydrogens is 230 g/mol. The Morgan fingerprint density at radius 1 is 1.50 bits per heavy atom. The monoisotopic (exact) mass is 236 g/mol. The van der Waals surface area contributed by atoms with Gasteiger partial charge < -0.3 is 9.90 Å². The Bertz CT molecular complexity index is 589. The number of fused-ring (bicyclic) bond motifs is 1. The molecule has 6 heteroatoms. The fraction of sp³-hybridized carbons (Fsp3) is 0.300. The van der Waals surface area contributed by atoms with Gasteiger partial charge in [0.2, 0.25) is 0 Å². The van der Waals surface area contributed by atoms with Crippen LogP contribution >= 0.6 is 11.6 Å². The number of aliphatic carboxylic acids is 1. The van der Waals surface area contributed by atoms with E-state index in [2.05, 4.69) is 10.1 Å². The van der Waals surface area contributed by atoms with E-state index >= 15 is 0 Å². The second kappa shape index (κ2) is 2.95. The number of carboxylic acid groups (broad SMARTS) is 1. The summed E-state index contributed by atoms with van der Waals surface area (Å²) in [6, 6.07) is 3.32. The number of halogens is 1. The zero-order valence-corrected chi connectivity index (χ0v) is 8.94. The highest BCUT2D eigenvalue weighted by Gasteiger charge is 2.48. The third kappa shape index (κ3) is 1.21. The minimum atomic E-state index is -1.07. The lowest BCUT2D eigenvalue weighted by Crippen LogP contribution is -2.35. The van der Waals surface area contributed by atoms with Gasteiger partial charge in [-0.1, -0.05) is 11.6 Å². The highest BCUT2D eigenvalue weighted by Crippen LogP contribution is 2.47. The van der Waals surface area contributed by atoms with E-state index in [4.69, 9.17) is 11.6 Å². The lowest BCUT2D eigenvalue weighted by molar-refractivity contribution is -0.309. The normalized spacial score (nSPS) is 17.6. The maximum atomic E-state index is 11.0. The third-order valence-electron chi connectivity index (χ3n) is 2.92. The zero-order valence-electron chi connectivity index (χ0n) is 8.18. The van der Waals surface area contributed by atoms with E-state index < -0.39 is 11.4 Å². The Morgan fingerprint density at radius 3 is 2.88 bits per heavy atom. The lowest BCUT2D eigenvalue weighted by Gasteiger charge is -2.12. The summed E-state index contributed by atoms with van der Waals surface area (Å²) in [7, 11) is 0. The van der Waals surface area contributed by atoms with Gasteiger partial charge in [-0.05, 0) is 25.0 Å². The van der Waals surface area contributed by atoms with Gasteiger partial charge in [0.25, 0.3) is 0 Å². The van der Waals surface area contributed by atoms with Crippen molar-refractivity contribution < 1.29 is 9.90 Å². The highest BCUT2D eigenvalue weighted by atomic mass is 35.5. The standard InChI is InChI=1S/C10H8ClN3O2/c11-7-1-2-8-12-6(5-14(8)13-7)10(3-4-10)9(15)16/h1-2,5H,3-4H2,(H,15,16)/p-1. The van der Waals surface area contributed by atoms with Crippen LogP contribution < -0.4 is 5.11 Å². The lowest BCUT2D eigenvalue weighted by atomic mass is 10.0. The maximum Gasteiger partial charge on any atom is 0.153 e. The molecule has 0 unspecified atom stereocenters. The average Bonchev–Trinajstić information content (AvgIpc) is 2.94. The quantitative estimate of drug-likeness (QED) is 0.745. The largest absolute Gasteiger partial charge is 0.549 e. The molecule has 1 saturated carbocycles. The predicted octanol–water partition coefficient (Wildman–Crippen LogP) is 0.164. The van der Waals surface area contributed by atoms with Crippen molar-refractivity contribution in [1.82, 2.24) is 14.6 Å². The van der Waals surface area contributed by atoms with E-state index in [0.29, 0.717) is 29.3 Å². The number of hydrogen-bond donors (Lipinski definition) is 0. The number of hydrogen-bond acceptors (Lipinski definition) is 4. The Morgan fingerprint density at radius 2 is 2.25 bits per heavy atom. The Kier molecular flexibility index (Phi) is 1.77. The Hall–Kier alpha value is -1.62. The van der Waals surface area contributed by atoms with Crippen LogP contribution in [-0.2, 0) is 10.2 Å². The molecule has 2 aromatic heterocycles. The summed E-state index contributed by atoms with van der Waals surface area (Å²) >= 11 is 5.73. The van der Waals surface area contributed by atoms with Gasteiger partial charge in [0.15, 0.2) is 5.65 Å². The molecule has 0 N–H and O–H groups in total. The molecule has 0 saturated heterocycles. The SMILES string of the molecule is O=C([O-])C1(c2cn3nc(Cl)ccc3n2)CC1. The van der Waals surface area contributed by atoms with Crippen molar-refractivity contribution in [2.45, 2.75) is 18.3 Å². The van der Waals surface area contributed by atoms with Crippen LogP contribution in [-0.4, -0.2) is 20.6 Å². The number of aromatic nitrogens is 3. The number of imidazole rings is 1. The van der Waals surface area contributed by atoms with Crippen molar-refractivity contribution in [3.05, 3.63) is 29.2 Å². The van der Waals surface area contributed by atoms with Crippen LogP contribution in [0.5, 0.6) is 0 Å². The van der Waals surface area contributed by atoms with E-state index in [1.165, 1.54) is 4.52 Å². The van der Waals surface area contributed by atoms with Crippen LogP contribution in [0.15, 0.2) is 18.3 Å². The number of nitrogens with zero attached hydrogens (tertiary/aromatic N) is 3. The molecule has 0 spiro atoms. The molecule has 2 aromatic rings. The van der Waals surface area contributed by atoms with E-state index in [0.717, 1.165) is 0 Å². The molecule has 1 aliphatic rings. The molecule has 0 atom stereocenters. The molecule has 0 radical (unpaired) electrons. The van der Waals surface area contributed by atoms with Crippen molar-refractivity contribution in [3.63, 3.8) is 0 Å². The summed E-state index contributed by atoms with van der Waals surface area (Å²) < 4.78 is 1.49. The van der Waals surface area contributed by atoms with Gasteiger partial charge in [-0.15, -0.1) is 0 Å². The maximum absolute atomic E-state index is 11.0. The van der Waals surface area contributed by atoms with Gasteiger partial charge in [0, 0.05) is 0 Å². The van der Waals surface area contributed by atoms with Crippen LogP contribution in [0.3, 0.4) is 0 Å². The summed E-state index contributed by atoms with van der Waals surface area (Å²) in [5.74, 6) is -1.07. The molecule has 0 bridgehead atoms. The minimum absolute atomic E-state index is 0.342. The van der Waals surface area contributed by atoms with Gasteiger partial charge in [-0.2, -0.15) is 5.10 Å². The number of carbonyl (C=O) groups is 1. The van der Waals surface area contributed by atoms with Crippen molar-refractivity contribution in [1.29, 1.82) is 0 Å². The van der Waals surface area contributed by atoms with Gasteiger partial charge in [0.05, 0.1) is 23.3 Å². The first kappa shape index (κ1) is 9.59. The Labute approximate surface area is 95.7 Å². The number of carboxylic acids is 1. The first-order valence-electron chi connectivity index (χ1n) is 4.86. The summed E-state index contributed by atoms with van der Waals surface area (Å²) in [5, 5.41) is 15.4. The van der Waals surface area contributed by atoms with E-state index in [9.17, 15) is 9.90 Å². The molecule has 82 valence electrons. The zero-order chi connectivity index (χ0) is 11.3. The molecule has 1 aliphatic carbocycles. The van der Waals surface area contributed by atoms with E-state index in [-0.39, 0.29) is 0 Å². The van der Waals surface area contributed by atoms with Gasteiger partial charge in [-0.25, -0.2) is 9.50 Å². The van der Waals surface area contributed by atoms with Gasteiger partial charge in [-0.3, -0.25) is 0 Å². The molecule has 1 fully saturated rings. The highest BCUT2D eigenvalue weighted by molar-refractivity contribution is 6.29. The van der Waals surface area contributed by atoms with Crippen molar-refractivity contribution in [3.8, 4) is 0 Å². The summed E-state index contributed by atoms with van der Waals surface area (Å²) in [6.45, 7) is 0.